The topological polar surface area (TPSA) is 58.0 Å². The highest BCUT2D eigenvalue weighted by Gasteiger charge is 2.39. The zero-order valence-corrected chi connectivity index (χ0v) is 32.9. The number of aromatic nitrogens is 4. The van der Waals surface area contributed by atoms with Gasteiger partial charge in [-0.1, -0.05) is 176 Å². The monoisotopic (exact) mass is 770 g/mol. The van der Waals surface area contributed by atoms with Crippen molar-refractivity contribution in [3.05, 3.63) is 212 Å². The van der Waals surface area contributed by atoms with Crippen LogP contribution in [0.3, 0.4) is 0 Å². The number of anilines is 3. The third kappa shape index (κ3) is 6.14. The Labute approximate surface area is 348 Å². The summed E-state index contributed by atoms with van der Waals surface area (Å²) in [6.07, 6.45) is 3.84. The van der Waals surface area contributed by atoms with Crippen LogP contribution in [0.25, 0.3) is 78.0 Å². The molecule has 0 spiro atoms. The van der Waals surface area contributed by atoms with Gasteiger partial charge in [0.05, 0.1) is 11.4 Å². The van der Waals surface area contributed by atoms with Crippen LogP contribution in [0.15, 0.2) is 207 Å². The molecule has 1 atom stereocenters. The van der Waals surface area contributed by atoms with Crippen LogP contribution in [0.1, 0.15) is 11.7 Å². The summed E-state index contributed by atoms with van der Waals surface area (Å²) < 4.78 is 0. The number of pyridine rings is 1. The molecule has 0 saturated heterocycles. The number of rotatable bonds is 7. The summed E-state index contributed by atoms with van der Waals surface area (Å²) in [6.45, 7) is 0. The molecule has 0 aliphatic carbocycles. The van der Waals surface area contributed by atoms with Crippen molar-refractivity contribution >= 4 is 38.6 Å². The van der Waals surface area contributed by atoms with Crippen molar-refractivity contribution in [1.82, 2.24) is 19.9 Å². The summed E-state index contributed by atoms with van der Waals surface area (Å²) in [5, 5.41) is 4.81. The standard InChI is InChI=1S/C54H38N6/c1-59-49-47-20-12-11-19-45(47)46-33-34-55-35-48(46)50(49)60(44-17-9-4-10-18-44)54(59)43-31-25-39(26-32-43)38-23-29-42(30-24-38)53-57-51(40-15-7-3-8-16-40)56-52(58-53)41-27-21-37(22-28-41)36-13-5-2-6-14-36/h2-35,54H,1H3. The molecule has 284 valence electrons. The molecular formula is C54H38N6. The average Bonchev–Trinajstić information content (AvgIpc) is 3.65. The number of hydrogen-bond donors (Lipinski definition) is 0. The quantitative estimate of drug-likeness (QED) is 0.150. The highest BCUT2D eigenvalue weighted by Crippen LogP contribution is 2.55. The first-order valence-corrected chi connectivity index (χ1v) is 20.2. The SMILES string of the molecule is CN1c2c(c3cnccc3c3ccccc23)N(c2ccccc2)C1c1ccc(-c2ccc(-c3nc(-c4ccccc4)nc(-c4ccc(-c5ccccc5)cc4)n3)cc2)cc1. The Morgan fingerprint density at radius 2 is 0.783 bits per heavy atom. The van der Waals surface area contributed by atoms with Gasteiger partial charge in [0.1, 0.15) is 6.17 Å². The van der Waals surface area contributed by atoms with Crippen LogP contribution in [0.2, 0.25) is 0 Å². The Morgan fingerprint density at radius 1 is 0.367 bits per heavy atom. The number of benzene rings is 8. The van der Waals surface area contributed by atoms with Crippen molar-refractivity contribution in [3.8, 4) is 56.4 Å². The molecule has 6 nitrogen and oxygen atoms in total. The number of nitrogens with zero attached hydrogens (tertiary/aromatic N) is 6. The minimum atomic E-state index is -0.0700. The van der Waals surface area contributed by atoms with Gasteiger partial charge in [0, 0.05) is 52.6 Å². The molecule has 60 heavy (non-hydrogen) atoms. The lowest BCUT2D eigenvalue weighted by Crippen LogP contribution is -2.30. The minimum absolute atomic E-state index is 0.0700. The minimum Gasteiger partial charge on any atom is -0.348 e. The molecule has 8 aromatic carbocycles. The third-order valence-electron chi connectivity index (χ3n) is 11.6. The molecule has 3 heterocycles. The molecule has 1 unspecified atom stereocenters. The maximum Gasteiger partial charge on any atom is 0.164 e. The molecule has 0 fully saturated rings. The van der Waals surface area contributed by atoms with E-state index in [9.17, 15) is 0 Å². The first-order chi connectivity index (χ1) is 29.7. The Balaban J connectivity index is 0.935. The first-order valence-electron chi connectivity index (χ1n) is 20.2. The second kappa shape index (κ2) is 14.8. The van der Waals surface area contributed by atoms with Crippen molar-refractivity contribution < 1.29 is 0 Å². The van der Waals surface area contributed by atoms with Gasteiger partial charge < -0.3 is 9.80 Å². The van der Waals surface area contributed by atoms with E-state index in [-0.39, 0.29) is 6.17 Å². The Hall–Kier alpha value is -7.96. The molecule has 10 aromatic rings. The van der Waals surface area contributed by atoms with Gasteiger partial charge in [-0.25, -0.2) is 15.0 Å². The fourth-order valence-corrected chi connectivity index (χ4v) is 8.70. The summed E-state index contributed by atoms with van der Waals surface area (Å²) in [6, 6.07) is 68.0. The van der Waals surface area contributed by atoms with Gasteiger partial charge in [0.15, 0.2) is 17.5 Å². The molecule has 2 aromatic heterocycles. The Bertz CT molecular complexity index is 3140. The highest BCUT2D eigenvalue weighted by atomic mass is 15.4. The Morgan fingerprint density at radius 3 is 1.35 bits per heavy atom. The molecular weight excluding hydrogens is 733 g/mol. The molecule has 11 rings (SSSR count). The highest BCUT2D eigenvalue weighted by molar-refractivity contribution is 6.22. The zero-order chi connectivity index (χ0) is 40.0. The molecule has 6 heteroatoms. The van der Waals surface area contributed by atoms with E-state index in [0.717, 1.165) is 44.5 Å². The van der Waals surface area contributed by atoms with Gasteiger partial charge >= 0.3 is 0 Å². The van der Waals surface area contributed by atoms with Gasteiger partial charge in [0.2, 0.25) is 0 Å². The summed E-state index contributed by atoms with van der Waals surface area (Å²) >= 11 is 0. The van der Waals surface area contributed by atoms with E-state index in [0.29, 0.717) is 17.5 Å². The predicted octanol–water partition coefficient (Wildman–Crippen LogP) is 13.2. The largest absolute Gasteiger partial charge is 0.348 e. The van der Waals surface area contributed by atoms with Crippen LogP contribution >= 0.6 is 0 Å². The summed E-state index contributed by atoms with van der Waals surface area (Å²) in [5.74, 6) is 1.91. The second-order valence-electron chi connectivity index (χ2n) is 15.2. The van der Waals surface area contributed by atoms with E-state index in [4.69, 9.17) is 15.0 Å². The van der Waals surface area contributed by atoms with E-state index in [1.807, 2.05) is 48.8 Å². The first kappa shape index (κ1) is 35.2. The number of hydrogen-bond acceptors (Lipinski definition) is 6. The van der Waals surface area contributed by atoms with Crippen LogP contribution in [0.5, 0.6) is 0 Å². The van der Waals surface area contributed by atoms with Crippen molar-refractivity contribution in [2.24, 2.45) is 0 Å². The average molecular weight is 771 g/mol. The summed E-state index contributed by atoms with van der Waals surface area (Å²) in [5.41, 5.74) is 12.1. The molecule has 0 bridgehead atoms. The molecule has 1 aliphatic heterocycles. The second-order valence-corrected chi connectivity index (χ2v) is 15.2. The van der Waals surface area contributed by atoms with Crippen LogP contribution < -0.4 is 9.80 Å². The van der Waals surface area contributed by atoms with E-state index >= 15 is 0 Å². The summed E-state index contributed by atoms with van der Waals surface area (Å²) in [7, 11) is 2.21. The van der Waals surface area contributed by atoms with E-state index in [1.165, 1.54) is 38.7 Å². The third-order valence-corrected chi connectivity index (χ3v) is 11.6. The van der Waals surface area contributed by atoms with E-state index in [1.54, 1.807) is 0 Å². The number of fused-ring (bicyclic) bond motifs is 6. The smallest absolute Gasteiger partial charge is 0.164 e. The van der Waals surface area contributed by atoms with Crippen LogP contribution in [-0.4, -0.2) is 27.0 Å². The predicted molar refractivity (Wildman–Crippen MR) is 246 cm³/mol. The summed E-state index contributed by atoms with van der Waals surface area (Å²) in [4.78, 5) is 24.5. The lowest BCUT2D eigenvalue weighted by atomic mass is 9.99. The van der Waals surface area contributed by atoms with E-state index in [2.05, 4.69) is 180 Å². The van der Waals surface area contributed by atoms with Gasteiger partial charge in [-0.2, -0.15) is 0 Å². The fraction of sp³-hybridized carbons (Fsp3) is 0.0370. The molecule has 0 saturated carbocycles. The lowest BCUT2D eigenvalue weighted by Gasteiger charge is -2.31. The lowest BCUT2D eigenvalue weighted by molar-refractivity contribution is 0.720. The molecule has 1 aliphatic rings. The molecule has 0 radical (unpaired) electrons. The van der Waals surface area contributed by atoms with Crippen molar-refractivity contribution in [1.29, 1.82) is 0 Å². The van der Waals surface area contributed by atoms with Crippen LogP contribution in [0, 0.1) is 0 Å². The van der Waals surface area contributed by atoms with Crippen LogP contribution in [-0.2, 0) is 0 Å². The molecule has 0 N–H and O–H groups in total. The van der Waals surface area contributed by atoms with Gasteiger partial charge in [-0.15, -0.1) is 0 Å². The maximum atomic E-state index is 5.02. The van der Waals surface area contributed by atoms with Crippen molar-refractivity contribution in [2.45, 2.75) is 6.17 Å². The van der Waals surface area contributed by atoms with Gasteiger partial charge in [-0.3, -0.25) is 4.98 Å². The van der Waals surface area contributed by atoms with Crippen molar-refractivity contribution in [2.75, 3.05) is 16.8 Å². The number of para-hydroxylation sites is 1. The maximum absolute atomic E-state index is 5.02. The van der Waals surface area contributed by atoms with Gasteiger partial charge in [0.25, 0.3) is 0 Å². The van der Waals surface area contributed by atoms with Crippen LogP contribution in [0.4, 0.5) is 17.1 Å². The van der Waals surface area contributed by atoms with Gasteiger partial charge in [-0.05, 0) is 56.8 Å². The Kier molecular flexibility index (Phi) is 8.67. The fourth-order valence-electron chi connectivity index (χ4n) is 8.70. The molecule has 0 amide bonds. The zero-order valence-electron chi connectivity index (χ0n) is 32.9. The van der Waals surface area contributed by atoms with Crippen molar-refractivity contribution in [3.63, 3.8) is 0 Å². The normalized spacial score (nSPS) is 13.5. The van der Waals surface area contributed by atoms with E-state index < -0.39 is 0 Å².